The average molecular weight is 150 g/mol. The first kappa shape index (κ1) is 9.50. The van der Waals surface area contributed by atoms with Crippen LogP contribution in [0.4, 0.5) is 5.82 Å². The van der Waals surface area contributed by atoms with E-state index in [1.54, 1.807) is 0 Å². The quantitative estimate of drug-likeness (QED) is 0.415. The first-order chi connectivity index (χ1) is 4.20. The number of aromatic nitrogens is 1. The van der Waals surface area contributed by atoms with Crippen molar-refractivity contribution >= 4 is 23.1 Å². The van der Waals surface area contributed by atoms with Crippen molar-refractivity contribution in [3.63, 3.8) is 0 Å². The van der Waals surface area contributed by atoms with Gasteiger partial charge in [0.2, 0.25) is 0 Å². The molecule has 6 heteroatoms. The zero-order valence-electron chi connectivity index (χ0n) is 5.33. The number of carbonyl (C=O) groups excluding carboxylic acids is 1. The molecule has 0 saturated heterocycles. The molecule has 10 heavy (non-hydrogen) atoms. The van der Waals surface area contributed by atoms with Crippen LogP contribution in [-0.4, -0.2) is 11.0 Å². The van der Waals surface area contributed by atoms with Gasteiger partial charge in [-0.25, -0.2) is 4.98 Å². The van der Waals surface area contributed by atoms with E-state index in [9.17, 15) is 9.90 Å². The van der Waals surface area contributed by atoms with Gasteiger partial charge in [-0.3, -0.25) is 0 Å². The van der Waals surface area contributed by atoms with E-state index < -0.39 is 5.97 Å². The maximum absolute atomic E-state index is 10.00. The number of hydrogen-bond acceptors (Lipinski definition) is 5. The Morgan fingerprint density at radius 1 is 1.80 bits per heavy atom. The Morgan fingerprint density at radius 2 is 2.40 bits per heavy atom. The molecule has 1 aromatic rings. The van der Waals surface area contributed by atoms with Crippen LogP contribution < -0.4 is 29.7 Å². The molecular formula is C4H3LiN2O2S. The van der Waals surface area contributed by atoms with Crippen molar-refractivity contribution in [3.8, 4) is 0 Å². The van der Waals surface area contributed by atoms with Gasteiger partial charge in [0.05, 0.1) is 0 Å². The number of hydrogen-bond donors (Lipinski definition) is 1. The molecule has 1 aromatic heterocycles. The third-order valence-electron chi connectivity index (χ3n) is 0.697. The fourth-order valence-electron chi connectivity index (χ4n) is 0.380. The van der Waals surface area contributed by atoms with Gasteiger partial charge >= 0.3 is 18.9 Å². The molecule has 0 amide bonds. The first-order valence-electron chi connectivity index (χ1n) is 2.12. The van der Waals surface area contributed by atoms with E-state index >= 15 is 0 Å². The molecule has 48 valence electrons. The normalized spacial score (nSPS) is 8.40. The topological polar surface area (TPSA) is 79.0 Å². The predicted molar refractivity (Wildman–Crippen MR) is 30.9 cm³/mol. The predicted octanol–water partition coefficient (Wildman–Crippen LogP) is -3.91. The van der Waals surface area contributed by atoms with Gasteiger partial charge < -0.3 is 15.6 Å². The molecular weight excluding hydrogens is 147 g/mol. The molecule has 0 unspecified atom stereocenters. The van der Waals surface area contributed by atoms with Crippen LogP contribution in [0.5, 0.6) is 0 Å². The molecule has 0 atom stereocenters. The summed E-state index contributed by atoms with van der Waals surface area (Å²) in [6.45, 7) is 0. The van der Waals surface area contributed by atoms with Crippen molar-refractivity contribution < 1.29 is 28.8 Å². The second-order valence-electron chi connectivity index (χ2n) is 1.36. The standard InChI is InChI=1S/C4H4N2O2S.Li/c5-2-1-9-3(6-2)4(7)8;/h1H,5H2,(H,7,8);/q;+1/p-1. The number of carboxylic acids is 1. The molecule has 1 heterocycles. The summed E-state index contributed by atoms with van der Waals surface area (Å²) in [6, 6.07) is 0. The number of nitrogens with two attached hydrogens (primary N) is 1. The Labute approximate surface area is 73.2 Å². The average Bonchev–Trinajstić information content (AvgIpc) is 2.14. The SMILES string of the molecule is Nc1csc(C(=O)[O-])n1.[Li+]. The van der Waals surface area contributed by atoms with Crippen LogP contribution >= 0.6 is 11.3 Å². The van der Waals surface area contributed by atoms with Gasteiger partial charge in [0.15, 0.2) is 0 Å². The molecule has 0 aliphatic rings. The van der Waals surface area contributed by atoms with Gasteiger partial charge in [-0.15, -0.1) is 11.3 Å². The summed E-state index contributed by atoms with van der Waals surface area (Å²) in [6.07, 6.45) is 0. The Kier molecular flexibility index (Phi) is 3.43. The summed E-state index contributed by atoms with van der Waals surface area (Å²) in [4.78, 5) is 13.4. The zero-order valence-corrected chi connectivity index (χ0v) is 6.14. The maximum Gasteiger partial charge on any atom is 1.00 e. The number of anilines is 1. The van der Waals surface area contributed by atoms with Crippen LogP contribution in [0.1, 0.15) is 9.80 Å². The van der Waals surface area contributed by atoms with E-state index in [1.807, 2.05) is 0 Å². The van der Waals surface area contributed by atoms with Crippen LogP contribution in [0.25, 0.3) is 0 Å². The second kappa shape index (κ2) is 3.61. The molecule has 1 rings (SSSR count). The molecule has 0 aliphatic carbocycles. The van der Waals surface area contributed by atoms with Gasteiger partial charge in [0.1, 0.15) is 16.8 Å². The third kappa shape index (κ3) is 2.03. The third-order valence-corrected chi connectivity index (χ3v) is 1.54. The van der Waals surface area contributed by atoms with Gasteiger partial charge in [-0.05, 0) is 0 Å². The minimum absolute atomic E-state index is 0. The molecule has 0 fully saturated rings. The fraction of sp³-hybridized carbons (Fsp3) is 0. The number of aromatic carboxylic acids is 1. The van der Waals surface area contributed by atoms with Crippen LogP contribution in [-0.2, 0) is 0 Å². The number of nitrogen functional groups attached to an aromatic ring is 1. The molecule has 0 bridgehead atoms. The molecule has 4 nitrogen and oxygen atoms in total. The van der Waals surface area contributed by atoms with E-state index in [4.69, 9.17) is 5.73 Å². The monoisotopic (exact) mass is 150 g/mol. The Bertz CT molecular complexity index is 237. The summed E-state index contributed by atoms with van der Waals surface area (Å²) in [5.41, 5.74) is 5.12. The molecule has 0 aliphatic heterocycles. The van der Waals surface area contributed by atoms with Crippen LogP contribution in [0.2, 0.25) is 0 Å². The van der Waals surface area contributed by atoms with Gasteiger partial charge in [0, 0.05) is 5.38 Å². The number of carbonyl (C=O) groups is 1. The fourth-order valence-corrected chi connectivity index (χ4v) is 0.919. The van der Waals surface area contributed by atoms with Gasteiger partial charge in [-0.2, -0.15) is 0 Å². The smallest absolute Gasteiger partial charge is 0.542 e. The molecule has 2 N–H and O–H groups in total. The summed E-state index contributed by atoms with van der Waals surface area (Å²) in [7, 11) is 0. The van der Waals surface area contributed by atoms with Crippen molar-refractivity contribution in [3.05, 3.63) is 10.4 Å². The van der Waals surface area contributed by atoms with Crippen LogP contribution in [0.15, 0.2) is 5.38 Å². The minimum atomic E-state index is -1.28. The molecule has 0 spiro atoms. The minimum Gasteiger partial charge on any atom is -0.542 e. The Hall–Kier alpha value is -0.503. The number of carboxylic acid groups (broad SMARTS) is 1. The second-order valence-corrected chi connectivity index (χ2v) is 2.22. The van der Waals surface area contributed by atoms with Gasteiger partial charge in [-0.1, -0.05) is 0 Å². The number of nitrogens with zero attached hydrogens (tertiary/aromatic N) is 1. The van der Waals surface area contributed by atoms with E-state index in [1.165, 1.54) is 5.38 Å². The Balaban J connectivity index is 0.000000810. The zero-order chi connectivity index (χ0) is 6.85. The molecule has 0 radical (unpaired) electrons. The van der Waals surface area contributed by atoms with Crippen molar-refractivity contribution in [2.45, 2.75) is 0 Å². The van der Waals surface area contributed by atoms with Crippen LogP contribution in [0, 0.1) is 0 Å². The van der Waals surface area contributed by atoms with Gasteiger partial charge in [0.25, 0.3) is 0 Å². The summed E-state index contributed by atoms with van der Waals surface area (Å²) >= 11 is 0.959. The largest absolute Gasteiger partial charge is 1.00 e. The van der Waals surface area contributed by atoms with Crippen LogP contribution in [0.3, 0.4) is 0 Å². The van der Waals surface area contributed by atoms with Crippen molar-refractivity contribution in [1.82, 2.24) is 4.98 Å². The van der Waals surface area contributed by atoms with E-state index in [0.717, 1.165) is 11.3 Å². The maximum atomic E-state index is 10.00. The Morgan fingerprint density at radius 3 is 2.60 bits per heavy atom. The van der Waals surface area contributed by atoms with Crippen molar-refractivity contribution in [2.75, 3.05) is 5.73 Å². The van der Waals surface area contributed by atoms with E-state index in [0.29, 0.717) is 0 Å². The van der Waals surface area contributed by atoms with E-state index in [2.05, 4.69) is 4.98 Å². The summed E-state index contributed by atoms with van der Waals surface area (Å²) in [5, 5.41) is 11.4. The molecule has 0 saturated carbocycles. The van der Waals surface area contributed by atoms with E-state index in [-0.39, 0.29) is 29.7 Å². The first-order valence-corrected chi connectivity index (χ1v) is 3.00. The van der Waals surface area contributed by atoms with Crippen molar-refractivity contribution in [1.29, 1.82) is 0 Å². The summed E-state index contributed by atoms with van der Waals surface area (Å²) in [5.74, 6) is -1.06. The number of rotatable bonds is 1. The number of thiazole rings is 1. The van der Waals surface area contributed by atoms with Crippen molar-refractivity contribution in [2.24, 2.45) is 0 Å². The molecule has 0 aromatic carbocycles. The summed E-state index contributed by atoms with van der Waals surface area (Å²) < 4.78 is 0.